The molecule has 0 unspecified atom stereocenters. The molecule has 0 bridgehead atoms. The highest BCUT2D eigenvalue weighted by atomic mass is 35.5. The number of rotatable bonds is 14. The van der Waals surface area contributed by atoms with Crippen LogP contribution in [0.4, 0.5) is 9.52 Å². The maximum atomic E-state index is 15.2. The number of hydrogen-bond acceptors (Lipinski definition) is 7. The number of carbonyl (C=O) groups excluding carboxylic acids is 1. The second-order valence-corrected chi connectivity index (χ2v) is 9.79. The maximum Gasteiger partial charge on any atom is 0.331 e. The average molecular weight is 597 g/mol. The molecule has 0 saturated carbocycles. The lowest BCUT2D eigenvalue weighted by atomic mass is 10.1. The topological polar surface area (TPSA) is 107 Å². The first-order valence-electron chi connectivity index (χ1n) is 11.9. The molecule has 2 N–H and O–H groups in total. The third-order valence-electron chi connectivity index (χ3n) is 5.32. The van der Waals surface area contributed by atoms with Crippen LogP contribution in [-0.4, -0.2) is 55.0 Å². The first kappa shape index (κ1) is 30.7. The van der Waals surface area contributed by atoms with Gasteiger partial charge < -0.3 is 19.3 Å². The summed E-state index contributed by atoms with van der Waals surface area (Å²) in [5, 5.41) is 13.8. The molecule has 0 atom stereocenters. The number of nitrogens with zero attached hydrogens (tertiary/aromatic N) is 1. The van der Waals surface area contributed by atoms with Gasteiger partial charge in [-0.2, -0.15) is 0 Å². The molecule has 0 aliphatic carbocycles. The molecule has 2 aromatic carbocycles. The van der Waals surface area contributed by atoms with E-state index in [0.29, 0.717) is 49.9 Å². The Hall–Kier alpha value is -2.86. The molecule has 0 spiro atoms. The van der Waals surface area contributed by atoms with E-state index in [0.717, 1.165) is 11.3 Å². The lowest BCUT2D eigenvalue weighted by Gasteiger charge is -2.09. The van der Waals surface area contributed by atoms with Crippen molar-refractivity contribution in [2.24, 2.45) is 0 Å². The Morgan fingerprint density at radius 3 is 2.44 bits per heavy atom. The fourth-order valence-electron chi connectivity index (χ4n) is 3.31. The molecule has 3 rings (SSSR count). The summed E-state index contributed by atoms with van der Waals surface area (Å²) in [6, 6.07) is 7.70. The molecule has 39 heavy (non-hydrogen) atoms. The number of benzene rings is 2. The summed E-state index contributed by atoms with van der Waals surface area (Å²) < 4.78 is 31.3. The minimum atomic E-state index is -1.11. The van der Waals surface area contributed by atoms with E-state index in [-0.39, 0.29) is 38.5 Å². The predicted molar refractivity (Wildman–Crippen MR) is 150 cm³/mol. The number of aliphatic carboxylic acids is 1. The summed E-state index contributed by atoms with van der Waals surface area (Å²) in [5.41, 5.74) is 1.48. The molecule has 12 heteroatoms. The number of aromatic nitrogens is 1. The quantitative estimate of drug-likeness (QED) is 0.160. The van der Waals surface area contributed by atoms with Gasteiger partial charge in [-0.1, -0.05) is 35.3 Å². The van der Waals surface area contributed by atoms with Crippen molar-refractivity contribution < 1.29 is 33.3 Å². The van der Waals surface area contributed by atoms with Gasteiger partial charge in [0.05, 0.1) is 48.8 Å². The van der Waals surface area contributed by atoms with Crippen LogP contribution in [0.1, 0.15) is 35.3 Å². The maximum absolute atomic E-state index is 15.2. The monoisotopic (exact) mass is 596 g/mol. The SMILES string of the molecule is CCOCCOCCOCc1cccc(-c2csc(NC(=O)c3cc(Cl)c(C=C(C)C(=O)O)c(Cl)c3)n2)c1F. The highest BCUT2D eigenvalue weighted by molar-refractivity contribution is 7.14. The van der Waals surface area contributed by atoms with Crippen LogP contribution in [0.15, 0.2) is 41.3 Å². The smallest absolute Gasteiger partial charge is 0.331 e. The number of ether oxygens (including phenoxy) is 3. The number of nitrogens with one attached hydrogen (secondary N) is 1. The number of amides is 1. The zero-order valence-electron chi connectivity index (χ0n) is 21.3. The third kappa shape index (κ3) is 8.82. The molecule has 8 nitrogen and oxygen atoms in total. The Kier molecular flexibility index (Phi) is 11.9. The molecular formula is C27H27Cl2FN2O6S. The van der Waals surface area contributed by atoms with Gasteiger partial charge in [0.1, 0.15) is 5.82 Å². The predicted octanol–water partition coefficient (Wildman–Crippen LogP) is 6.57. The second-order valence-electron chi connectivity index (χ2n) is 8.12. The van der Waals surface area contributed by atoms with E-state index in [4.69, 9.17) is 42.5 Å². The van der Waals surface area contributed by atoms with Crippen molar-refractivity contribution in [3.8, 4) is 11.3 Å². The summed E-state index contributed by atoms with van der Waals surface area (Å²) in [7, 11) is 0. The van der Waals surface area contributed by atoms with Crippen molar-refractivity contribution in [3.05, 3.63) is 73.8 Å². The summed E-state index contributed by atoms with van der Waals surface area (Å²) in [6.07, 6.45) is 1.33. The van der Waals surface area contributed by atoms with E-state index in [9.17, 15) is 9.59 Å². The van der Waals surface area contributed by atoms with E-state index in [1.807, 2.05) is 6.92 Å². The van der Waals surface area contributed by atoms with Gasteiger partial charge in [0.25, 0.3) is 5.91 Å². The molecule has 0 fully saturated rings. The van der Waals surface area contributed by atoms with Gasteiger partial charge in [-0.05, 0) is 38.1 Å². The zero-order valence-corrected chi connectivity index (χ0v) is 23.6. The Morgan fingerprint density at radius 2 is 1.77 bits per heavy atom. The van der Waals surface area contributed by atoms with Gasteiger partial charge in [-0.3, -0.25) is 10.1 Å². The molecule has 208 valence electrons. The van der Waals surface area contributed by atoms with Crippen molar-refractivity contribution in [2.75, 3.05) is 38.4 Å². The average Bonchev–Trinajstić information content (AvgIpc) is 3.36. The first-order valence-corrected chi connectivity index (χ1v) is 13.5. The molecule has 1 aromatic heterocycles. The van der Waals surface area contributed by atoms with Crippen LogP contribution < -0.4 is 5.32 Å². The Balaban J connectivity index is 1.63. The number of thiazole rings is 1. The van der Waals surface area contributed by atoms with E-state index in [2.05, 4.69) is 10.3 Å². The molecule has 0 radical (unpaired) electrons. The van der Waals surface area contributed by atoms with E-state index >= 15 is 4.39 Å². The summed E-state index contributed by atoms with van der Waals surface area (Å²) in [5.74, 6) is -2.11. The molecule has 1 heterocycles. The molecule has 0 aliphatic rings. The van der Waals surface area contributed by atoms with Gasteiger partial charge in [0, 0.05) is 39.8 Å². The normalized spacial score (nSPS) is 11.6. The van der Waals surface area contributed by atoms with Crippen LogP contribution in [-0.2, 0) is 25.6 Å². The van der Waals surface area contributed by atoms with E-state index < -0.39 is 17.7 Å². The molecule has 3 aromatic rings. The number of hydrogen-bond donors (Lipinski definition) is 2. The number of carboxylic acid groups (broad SMARTS) is 1. The highest BCUT2D eigenvalue weighted by Gasteiger charge is 2.17. The van der Waals surface area contributed by atoms with Crippen molar-refractivity contribution >= 4 is 57.6 Å². The van der Waals surface area contributed by atoms with Crippen LogP contribution in [0.2, 0.25) is 10.0 Å². The van der Waals surface area contributed by atoms with Crippen LogP contribution in [0, 0.1) is 5.82 Å². The lowest BCUT2D eigenvalue weighted by molar-refractivity contribution is -0.132. The van der Waals surface area contributed by atoms with Gasteiger partial charge in [-0.15, -0.1) is 11.3 Å². The Morgan fingerprint density at radius 1 is 1.10 bits per heavy atom. The minimum Gasteiger partial charge on any atom is -0.478 e. The highest BCUT2D eigenvalue weighted by Crippen LogP contribution is 2.31. The Bertz CT molecular complexity index is 1320. The van der Waals surface area contributed by atoms with Crippen LogP contribution in [0.25, 0.3) is 17.3 Å². The lowest BCUT2D eigenvalue weighted by Crippen LogP contribution is -2.12. The second kappa shape index (κ2) is 15.1. The Labute approximate surface area is 239 Å². The van der Waals surface area contributed by atoms with Crippen molar-refractivity contribution in [2.45, 2.75) is 20.5 Å². The largest absolute Gasteiger partial charge is 0.478 e. The zero-order chi connectivity index (χ0) is 28.4. The van der Waals surface area contributed by atoms with Gasteiger partial charge >= 0.3 is 5.97 Å². The first-order chi connectivity index (χ1) is 18.7. The number of carboxylic acids is 1. The number of anilines is 1. The molecular weight excluding hydrogens is 570 g/mol. The number of carbonyl (C=O) groups is 2. The van der Waals surface area contributed by atoms with Crippen molar-refractivity contribution in [1.82, 2.24) is 4.98 Å². The summed E-state index contributed by atoms with van der Waals surface area (Å²) >= 11 is 13.6. The van der Waals surface area contributed by atoms with Crippen molar-refractivity contribution in [1.29, 1.82) is 0 Å². The van der Waals surface area contributed by atoms with Crippen LogP contribution >= 0.6 is 34.5 Å². The summed E-state index contributed by atoms with van der Waals surface area (Å²) in [4.78, 5) is 28.2. The molecule has 1 amide bonds. The minimum absolute atomic E-state index is 0.0385. The fraction of sp³-hybridized carbons (Fsp3) is 0.296. The van der Waals surface area contributed by atoms with E-state index in [1.165, 1.54) is 25.1 Å². The van der Waals surface area contributed by atoms with E-state index in [1.54, 1.807) is 23.6 Å². The van der Waals surface area contributed by atoms with Crippen molar-refractivity contribution in [3.63, 3.8) is 0 Å². The fourth-order valence-corrected chi connectivity index (χ4v) is 4.61. The van der Waals surface area contributed by atoms with Crippen LogP contribution in [0.5, 0.6) is 0 Å². The van der Waals surface area contributed by atoms with Gasteiger partial charge in [0.15, 0.2) is 5.13 Å². The van der Waals surface area contributed by atoms with Gasteiger partial charge in [0.2, 0.25) is 0 Å². The number of halogens is 3. The summed E-state index contributed by atoms with van der Waals surface area (Å²) in [6.45, 7) is 5.70. The van der Waals surface area contributed by atoms with Crippen LogP contribution in [0.3, 0.4) is 0 Å². The van der Waals surface area contributed by atoms with Gasteiger partial charge in [-0.25, -0.2) is 14.2 Å². The third-order valence-corrected chi connectivity index (χ3v) is 6.71. The molecule has 0 saturated heterocycles. The molecule has 0 aliphatic heterocycles. The standard InChI is InChI=1S/C27H27Cl2FN2O6S/c1-3-36-7-8-37-9-10-38-14-17-5-4-6-19(24(17)30)23-15-39-27(31-23)32-25(33)18-12-21(28)20(22(29)13-18)11-16(2)26(34)35/h4-6,11-13,15H,3,7-10,14H2,1-2H3,(H,34,35)(H,31,32,33).